The van der Waals surface area contributed by atoms with Gasteiger partial charge in [-0.15, -0.1) is 0 Å². The van der Waals surface area contributed by atoms with Gasteiger partial charge in [-0.3, -0.25) is 14.9 Å². The molecule has 2 aromatic carbocycles. The summed E-state index contributed by atoms with van der Waals surface area (Å²) < 4.78 is 0. The number of carbonyl (C=O) groups excluding carboxylic acids is 1. The van der Waals surface area contributed by atoms with Crippen LogP contribution in [-0.4, -0.2) is 22.5 Å². The normalized spacial score (nSPS) is 11.9. The molecule has 6 heteroatoms. The lowest BCUT2D eigenvalue weighted by molar-refractivity contribution is -0.386. The van der Waals surface area contributed by atoms with Crippen molar-refractivity contribution in [2.45, 2.75) is 33.8 Å². The first kappa shape index (κ1) is 18.6. The lowest BCUT2D eigenvalue weighted by Gasteiger charge is -2.15. The number of amides is 1. The minimum Gasteiger partial charge on any atom is -0.387 e. The van der Waals surface area contributed by atoms with Crippen LogP contribution >= 0.6 is 0 Å². The second-order valence-corrected chi connectivity index (χ2v) is 6.26. The first-order valence-electron chi connectivity index (χ1n) is 8.00. The van der Waals surface area contributed by atoms with Crippen molar-refractivity contribution in [3.63, 3.8) is 0 Å². The molecule has 2 aromatic rings. The van der Waals surface area contributed by atoms with Gasteiger partial charge < -0.3 is 10.4 Å². The summed E-state index contributed by atoms with van der Waals surface area (Å²) in [4.78, 5) is 23.3. The van der Waals surface area contributed by atoms with Gasteiger partial charge in [0.1, 0.15) is 0 Å². The molecule has 0 aliphatic rings. The fourth-order valence-corrected chi connectivity index (χ4v) is 3.08. The quantitative estimate of drug-likeness (QED) is 0.644. The van der Waals surface area contributed by atoms with Crippen molar-refractivity contribution in [1.82, 2.24) is 5.32 Å². The van der Waals surface area contributed by atoms with Crippen LogP contribution in [0.5, 0.6) is 0 Å². The van der Waals surface area contributed by atoms with E-state index in [1.165, 1.54) is 0 Å². The first-order chi connectivity index (χ1) is 11.7. The maximum Gasteiger partial charge on any atom is 0.275 e. The third kappa shape index (κ3) is 4.03. The molecule has 0 saturated carbocycles. The second-order valence-electron chi connectivity index (χ2n) is 6.26. The summed E-state index contributed by atoms with van der Waals surface area (Å²) in [5.74, 6) is -0.426. The number of rotatable bonds is 5. The van der Waals surface area contributed by atoms with Gasteiger partial charge in [-0.2, -0.15) is 0 Å². The van der Waals surface area contributed by atoms with Crippen molar-refractivity contribution in [3.8, 4) is 0 Å². The summed E-state index contributed by atoms with van der Waals surface area (Å²) in [5, 5.41) is 24.2. The maximum absolute atomic E-state index is 12.5. The van der Waals surface area contributed by atoms with Crippen LogP contribution in [0.15, 0.2) is 30.3 Å². The average molecular weight is 342 g/mol. The molecule has 1 unspecified atom stereocenters. The molecule has 0 aliphatic heterocycles. The van der Waals surface area contributed by atoms with Crippen molar-refractivity contribution in [2.24, 2.45) is 0 Å². The van der Waals surface area contributed by atoms with Crippen LogP contribution in [0.1, 0.15) is 44.3 Å². The molecule has 2 rings (SSSR count). The highest BCUT2D eigenvalue weighted by atomic mass is 16.6. The number of nitrogens with one attached hydrogen (secondary N) is 1. The number of hydrogen-bond donors (Lipinski definition) is 2. The number of aliphatic hydroxyl groups is 1. The van der Waals surface area contributed by atoms with Gasteiger partial charge in [0.05, 0.1) is 16.6 Å². The van der Waals surface area contributed by atoms with Gasteiger partial charge in [0.2, 0.25) is 0 Å². The molecular weight excluding hydrogens is 320 g/mol. The largest absolute Gasteiger partial charge is 0.387 e. The van der Waals surface area contributed by atoms with E-state index in [9.17, 15) is 20.0 Å². The Morgan fingerprint density at radius 1 is 1.20 bits per heavy atom. The van der Waals surface area contributed by atoms with E-state index in [2.05, 4.69) is 5.32 Å². The Morgan fingerprint density at radius 2 is 1.88 bits per heavy atom. The summed E-state index contributed by atoms with van der Waals surface area (Å²) in [6.45, 7) is 6.93. The first-order valence-corrected chi connectivity index (χ1v) is 8.00. The number of benzene rings is 2. The molecular formula is C19H22N2O4. The summed E-state index contributed by atoms with van der Waals surface area (Å²) in [6, 6.07) is 9.04. The SMILES string of the molecule is Cc1cccc(C(O)CNC(=O)c2c(C)cc(C)c([N+](=O)[O-])c2C)c1. The monoisotopic (exact) mass is 342 g/mol. The molecule has 0 radical (unpaired) electrons. The Kier molecular flexibility index (Phi) is 5.54. The van der Waals surface area contributed by atoms with Crippen LogP contribution in [0, 0.1) is 37.8 Å². The van der Waals surface area contributed by atoms with Crippen LogP contribution in [0.3, 0.4) is 0 Å². The highest BCUT2D eigenvalue weighted by Gasteiger charge is 2.24. The van der Waals surface area contributed by atoms with Gasteiger partial charge in [0.15, 0.2) is 0 Å². The van der Waals surface area contributed by atoms with Crippen LogP contribution in [0.4, 0.5) is 5.69 Å². The Hall–Kier alpha value is -2.73. The summed E-state index contributed by atoms with van der Waals surface area (Å²) in [6.07, 6.45) is -0.843. The van der Waals surface area contributed by atoms with Crippen molar-refractivity contribution >= 4 is 11.6 Å². The Morgan fingerprint density at radius 3 is 2.48 bits per heavy atom. The standard InChI is InChI=1S/C19H22N2O4/c1-11-6-5-7-15(8-11)16(22)10-20-19(23)17-12(2)9-13(3)18(14(17)4)21(24)25/h5-9,16,22H,10H2,1-4H3,(H,20,23). The molecule has 0 aliphatic carbocycles. The minimum absolute atomic E-state index is 0.0306. The number of hydrogen-bond acceptors (Lipinski definition) is 4. The van der Waals surface area contributed by atoms with E-state index in [-0.39, 0.29) is 17.8 Å². The predicted octanol–water partition coefficient (Wildman–Crippen LogP) is 3.29. The van der Waals surface area contributed by atoms with Crippen molar-refractivity contribution in [2.75, 3.05) is 6.54 Å². The van der Waals surface area contributed by atoms with Gasteiger partial charge in [-0.05, 0) is 44.9 Å². The number of aliphatic hydroxyl groups excluding tert-OH is 1. The molecule has 1 amide bonds. The van der Waals surface area contributed by atoms with Crippen molar-refractivity contribution in [3.05, 3.63) is 73.8 Å². The summed E-state index contributed by atoms with van der Waals surface area (Å²) in [5.41, 5.74) is 3.50. The summed E-state index contributed by atoms with van der Waals surface area (Å²) in [7, 11) is 0. The molecule has 25 heavy (non-hydrogen) atoms. The fourth-order valence-electron chi connectivity index (χ4n) is 3.08. The highest BCUT2D eigenvalue weighted by molar-refractivity contribution is 5.98. The zero-order valence-corrected chi connectivity index (χ0v) is 14.8. The van der Waals surface area contributed by atoms with Gasteiger partial charge in [-0.25, -0.2) is 0 Å². The molecule has 132 valence electrons. The lowest BCUT2D eigenvalue weighted by atomic mass is 9.96. The lowest BCUT2D eigenvalue weighted by Crippen LogP contribution is -2.29. The maximum atomic E-state index is 12.5. The van der Waals surface area contributed by atoms with E-state index in [1.807, 2.05) is 25.1 Å². The van der Waals surface area contributed by atoms with Crippen LogP contribution in [0.25, 0.3) is 0 Å². The number of carbonyl (C=O) groups is 1. The van der Waals surface area contributed by atoms with Crippen molar-refractivity contribution in [1.29, 1.82) is 0 Å². The average Bonchev–Trinajstić information content (AvgIpc) is 2.51. The van der Waals surface area contributed by atoms with E-state index in [0.717, 1.165) is 5.56 Å². The fraction of sp³-hybridized carbons (Fsp3) is 0.316. The third-order valence-electron chi connectivity index (χ3n) is 4.22. The number of aryl methyl sites for hydroxylation is 3. The molecule has 0 bridgehead atoms. The highest BCUT2D eigenvalue weighted by Crippen LogP contribution is 2.28. The smallest absolute Gasteiger partial charge is 0.275 e. The van der Waals surface area contributed by atoms with E-state index >= 15 is 0 Å². The van der Waals surface area contributed by atoms with E-state index in [4.69, 9.17) is 0 Å². The van der Waals surface area contributed by atoms with Gasteiger partial charge in [0, 0.05) is 17.7 Å². The Balaban J connectivity index is 2.21. The molecule has 1 atom stereocenters. The van der Waals surface area contributed by atoms with Gasteiger partial charge in [-0.1, -0.05) is 29.8 Å². The number of nitrogens with zero attached hydrogens (tertiary/aromatic N) is 1. The number of nitro benzene ring substituents is 1. The van der Waals surface area contributed by atoms with Gasteiger partial charge >= 0.3 is 0 Å². The molecule has 0 aromatic heterocycles. The zero-order chi connectivity index (χ0) is 18.7. The molecule has 6 nitrogen and oxygen atoms in total. The van der Waals surface area contributed by atoms with Crippen LogP contribution < -0.4 is 5.32 Å². The Labute approximate surface area is 146 Å². The van der Waals surface area contributed by atoms with E-state index in [1.54, 1.807) is 32.9 Å². The third-order valence-corrected chi connectivity index (χ3v) is 4.22. The van der Waals surface area contributed by atoms with Crippen molar-refractivity contribution < 1.29 is 14.8 Å². The predicted molar refractivity (Wildman–Crippen MR) is 95.8 cm³/mol. The zero-order valence-electron chi connectivity index (χ0n) is 14.8. The Bertz CT molecular complexity index is 830. The topological polar surface area (TPSA) is 92.5 Å². The minimum atomic E-state index is -0.843. The van der Waals surface area contributed by atoms with Gasteiger partial charge in [0.25, 0.3) is 11.6 Å². The molecule has 0 fully saturated rings. The van der Waals surface area contributed by atoms with E-state index in [0.29, 0.717) is 22.3 Å². The van der Waals surface area contributed by atoms with Crippen LogP contribution in [-0.2, 0) is 0 Å². The molecule has 0 heterocycles. The second kappa shape index (κ2) is 7.44. The summed E-state index contributed by atoms with van der Waals surface area (Å²) >= 11 is 0. The molecule has 2 N–H and O–H groups in total. The van der Waals surface area contributed by atoms with Crippen LogP contribution in [0.2, 0.25) is 0 Å². The molecule has 0 spiro atoms. The molecule has 0 saturated heterocycles. The number of nitro groups is 1. The van der Waals surface area contributed by atoms with E-state index < -0.39 is 16.9 Å².